The number of imidazole rings is 1. The molecule has 0 aromatic carbocycles. The van der Waals surface area contributed by atoms with Gasteiger partial charge in [-0.2, -0.15) is 0 Å². The summed E-state index contributed by atoms with van der Waals surface area (Å²) in [6, 6.07) is 0. The van der Waals surface area contributed by atoms with Crippen LogP contribution in [0.3, 0.4) is 0 Å². The molecule has 3 heteroatoms. The van der Waals surface area contributed by atoms with Crippen LogP contribution in [0.5, 0.6) is 0 Å². The summed E-state index contributed by atoms with van der Waals surface area (Å²) in [5.41, 5.74) is 1.38. The molecule has 2 rings (SSSR count). The summed E-state index contributed by atoms with van der Waals surface area (Å²) in [5.74, 6) is 1.14. The topological polar surface area (TPSA) is 29.9 Å². The molecule has 0 radical (unpaired) electrons. The van der Waals surface area contributed by atoms with Crippen molar-refractivity contribution in [2.45, 2.75) is 19.9 Å². The first kappa shape index (κ1) is 8.51. The molecule has 13 heavy (non-hydrogen) atoms. The molecule has 0 saturated heterocycles. The second-order valence-electron chi connectivity index (χ2n) is 3.22. The van der Waals surface area contributed by atoms with Crippen molar-refractivity contribution in [3.05, 3.63) is 24.3 Å². The van der Waals surface area contributed by atoms with Gasteiger partial charge in [-0.15, -0.1) is 0 Å². The third kappa shape index (κ3) is 1.65. The summed E-state index contributed by atoms with van der Waals surface area (Å²) in [7, 11) is 0. The Morgan fingerprint density at radius 3 is 3.23 bits per heavy atom. The molecule has 3 nitrogen and oxygen atoms in total. The van der Waals surface area contributed by atoms with E-state index < -0.39 is 0 Å². The van der Waals surface area contributed by atoms with Gasteiger partial charge in [0.2, 0.25) is 0 Å². The third-order valence-corrected chi connectivity index (χ3v) is 2.41. The maximum atomic E-state index is 4.38. The van der Waals surface area contributed by atoms with Gasteiger partial charge in [-0.3, -0.25) is 0 Å². The van der Waals surface area contributed by atoms with E-state index in [2.05, 4.69) is 27.9 Å². The van der Waals surface area contributed by atoms with Gasteiger partial charge in [-0.05, 0) is 25.5 Å². The Kier molecular flexibility index (Phi) is 2.45. The lowest BCUT2D eigenvalue weighted by atomic mass is 10.1. The maximum Gasteiger partial charge on any atom is 0.135 e. The summed E-state index contributed by atoms with van der Waals surface area (Å²) in [5, 5.41) is 3.30. The highest BCUT2D eigenvalue weighted by molar-refractivity contribution is 5.61. The van der Waals surface area contributed by atoms with Gasteiger partial charge in [0.15, 0.2) is 0 Å². The minimum absolute atomic E-state index is 0.978. The van der Waals surface area contributed by atoms with Gasteiger partial charge in [-0.1, -0.05) is 6.08 Å². The van der Waals surface area contributed by atoms with Crippen molar-refractivity contribution < 1.29 is 0 Å². The molecule has 0 aliphatic carbocycles. The lowest BCUT2D eigenvalue weighted by Gasteiger charge is -2.14. The van der Waals surface area contributed by atoms with Crippen LogP contribution < -0.4 is 5.32 Å². The SMILES string of the molecule is CCn1ccnc1C1=CCNCC1. The zero-order valence-electron chi connectivity index (χ0n) is 7.95. The fourth-order valence-electron chi connectivity index (χ4n) is 1.68. The smallest absolute Gasteiger partial charge is 0.135 e. The zero-order valence-corrected chi connectivity index (χ0v) is 7.95. The molecule has 1 aromatic rings. The summed E-state index contributed by atoms with van der Waals surface area (Å²) in [4.78, 5) is 4.38. The standard InChI is InChI=1S/C10H15N3/c1-2-13-8-7-12-10(13)9-3-5-11-6-4-9/h3,7-8,11H,2,4-6H2,1H3. The summed E-state index contributed by atoms with van der Waals surface area (Å²) < 4.78 is 2.19. The van der Waals surface area contributed by atoms with Crippen molar-refractivity contribution in [2.24, 2.45) is 0 Å². The maximum absolute atomic E-state index is 4.38. The highest BCUT2D eigenvalue weighted by Gasteiger charge is 2.09. The van der Waals surface area contributed by atoms with E-state index in [1.807, 2.05) is 12.4 Å². The van der Waals surface area contributed by atoms with E-state index in [0.29, 0.717) is 0 Å². The van der Waals surface area contributed by atoms with Gasteiger partial charge in [-0.25, -0.2) is 4.98 Å². The Morgan fingerprint density at radius 1 is 1.62 bits per heavy atom. The number of nitrogens with zero attached hydrogens (tertiary/aromatic N) is 2. The van der Waals surface area contributed by atoms with E-state index in [-0.39, 0.29) is 0 Å². The molecule has 70 valence electrons. The number of hydrogen-bond acceptors (Lipinski definition) is 2. The van der Waals surface area contributed by atoms with Crippen LogP contribution in [0.25, 0.3) is 5.57 Å². The molecule has 0 amide bonds. The Morgan fingerprint density at radius 2 is 2.54 bits per heavy atom. The van der Waals surface area contributed by atoms with Crippen molar-refractivity contribution in [3.63, 3.8) is 0 Å². The average molecular weight is 177 g/mol. The molecule has 1 N–H and O–H groups in total. The molecule has 0 saturated carbocycles. The summed E-state index contributed by atoms with van der Waals surface area (Å²) in [6.07, 6.45) is 7.24. The Hall–Kier alpha value is -1.09. The number of aromatic nitrogens is 2. The van der Waals surface area contributed by atoms with Crippen LogP contribution in [-0.4, -0.2) is 22.6 Å². The quantitative estimate of drug-likeness (QED) is 0.737. The predicted octanol–water partition coefficient (Wildman–Crippen LogP) is 1.28. The molecular weight excluding hydrogens is 162 g/mol. The van der Waals surface area contributed by atoms with E-state index in [9.17, 15) is 0 Å². The lowest BCUT2D eigenvalue weighted by Crippen LogP contribution is -2.21. The zero-order chi connectivity index (χ0) is 9.10. The lowest BCUT2D eigenvalue weighted by molar-refractivity contribution is 0.708. The number of aryl methyl sites for hydroxylation is 1. The molecule has 1 aliphatic rings. The summed E-state index contributed by atoms with van der Waals surface area (Å²) >= 11 is 0. The Bertz CT molecular complexity index is 312. The first-order valence-corrected chi connectivity index (χ1v) is 4.83. The second-order valence-corrected chi connectivity index (χ2v) is 3.22. The van der Waals surface area contributed by atoms with Crippen molar-refractivity contribution in [1.29, 1.82) is 0 Å². The largest absolute Gasteiger partial charge is 0.332 e. The number of hydrogen-bond donors (Lipinski definition) is 1. The number of nitrogens with one attached hydrogen (secondary N) is 1. The van der Waals surface area contributed by atoms with E-state index in [1.54, 1.807) is 0 Å². The molecule has 0 spiro atoms. The Labute approximate surface area is 78.5 Å². The molecule has 0 unspecified atom stereocenters. The van der Waals surface area contributed by atoms with Crippen LogP contribution >= 0.6 is 0 Å². The van der Waals surface area contributed by atoms with Crippen molar-refractivity contribution in [1.82, 2.24) is 14.9 Å². The summed E-state index contributed by atoms with van der Waals surface area (Å²) in [6.45, 7) is 5.20. The first-order chi connectivity index (χ1) is 6.42. The molecule has 0 atom stereocenters. The number of rotatable bonds is 2. The first-order valence-electron chi connectivity index (χ1n) is 4.83. The van der Waals surface area contributed by atoms with Crippen LogP contribution in [0, 0.1) is 0 Å². The van der Waals surface area contributed by atoms with E-state index in [1.165, 1.54) is 5.57 Å². The van der Waals surface area contributed by atoms with Crippen molar-refractivity contribution in [2.75, 3.05) is 13.1 Å². The van der Waals surface area contributed by atoms with E-state index in [0.717, 1.165) is 31.9 Å². The van der Waals surface area contributed by atoms with E-state index in [4.69, 9.17) is 0 Å². The molecule has 1 aliphatic heterocycles. The van der Waals surface area contributed by atoms with Gasteiger partial charge >= 0.3 is 0 Å². The van der Waals surface area contributed by atoms with Crippen LogP contribution in [-0.2, 0) is 6.54 Å². The van der Waals surface area contributed by atoms with Crippen LogP contribution in [0.1, 0.15) is 19.2 Å². The van der Waals surface area contributed by atoms with Crippen molar-refractivity contribution >= 4 is 5.57 Å². The Balaban J connectivity index is 2.28. The van der Waals surface area contributed by atoms with E-state index >= 15 is 0 Å². The molecule has 1 aromatic heterocycles. The van der Waals surface area contributed by atoms with Crippen LogP contribution in [0.15, 0.2) is 18.5 Å². The minimum Gasteiger partial charge on any atom is -0.332 e. The van der Waals surface area contributed by atoms with Gasteiger partial charge in [0.05, 0.1) is 0 Å². The predicted molar refractivity (Wildman–Crippen MR) is 53.4 cm³/mol. The monoisotopic (exact) mass is 177 g/mol. The van der Waals surface area contributed by atoms with Crippen molar-refractivity contribution in [3.8, 4) is 0 Å². The molecular formula is C10H15N3. The van der Waals surface area contributed by atoms with Crippen LogP contribution in [0.4, 0.5) is 0 Å². The van der Waals surface area contributed by atoms with Gasteiger partial charge in [0, 0.05) is 25.5 Å². The molecule has 0 fully saturated rings. The fraction of sp³-hybridized carbons (Fsp3) is 0.500. The average Bonchev–Trinajstić information content (AvgIpc) is 2.67. The van der Waals surface area contributed by atoms with Gasteiger partial charge in [0.25, 0.3) is 0 Å². The highest BCUT2D eigenvalue weighted by atomic mass is 15.1. The van der Waals surface area contributed by atoms with Gasteiger partial charge < -0.3 is 9.88 Å². The fourth-order valence-corrected chi connectivity index (χ4v) is 1.68. The van der Waals surface area contributed by atoms with Crippen LogP contribution in [0.2, 0.25) is 0 Å². The highest BCUT2D eigenvalue weighted by Crippen LogP contribution is 2.17. The second kappa shape index (κ2) is 3.75. The third-order valence-electron chi connectivity index (χ3n) is 2.41. The van der Waals surface area contributed by atoms with Gasteiger partial charge in [0.1, 0.15) is 5.82 Å². The molecule has 2 heterocycles. The normalized spacial score (nSPS) is 17.2. The minimum atomic E-state index is 0.978. The molecule has 0 bridgehead atoms.